The summed E-state index contributed by atoms with van der Waals surface area (Å²) in [6.45, 7) is 7.21. The van der Waals surface area contributed by atoms with E-state index < -0.39 is 0 Å². The van der Waals surface area contributed by atoms with Crippen LogP contribution in [-0.2, 0) is 13.0 Å². The van der Waals surface area contributed by atoms with Gasteiger partial charge in [0.1, 0.15) is 0 Å². The topological polar surface area (TPSA) is 34.9 Å². The minimum absolute atomic E-state index is 0.0724. The van der Waals surface area contributed by atoms with Crippen molar-refractivity contribution in [2.24, 2.45) is 5.41 Å². The maximum absolute atomic E-state index is 12.2. The number of Topliss-reactive ketones (excluding diaryl/α,β-unsaturated/α-hetero) is 1. The summed E-state index contributed by atoms with van der Waals surface area (Å²) in [6, 6.07) is 1.98. The highest BCUT2D eigenvalue weighted by Gasteiger charge is 2.32. The van der Waals surface area contributed by atoms with Gasteiger partial charge in [-0.15, -0.1) is 11.3 Å². The summed E-state index contributed by atoms with van der Waals surface area (Å²) in [5, 5.41) is 0. The van der Waals surface area contributed by atoms with Gasteiger partial charge < -0.3 is 4.57 Å². The molecule has 2 aromatic heterocycles. The lowest BCUT2D eigenvalue weighted by Gasteiger charge is -2.29. The van der Waals surface area contributed by atoms with Gasteiger partial charge in [-0.3, -0.25) is 4.79 Å². The lowest BCUT2D eigenvalue weighted by Crippen LogP contribution is -2.28. The van der Waals surface area contributed by atoms with Gasteiger partial charge in [-0.2, -0.15) is 0 Å². The van der Waals surface area contributed by atoms with Gasteiger partial charge in [-0.05, 0) is 24.8 Å². The van der Waals surface area contributed by atoms with Crippen LogP contribution >= 0.6 is 11.3 Å². The molecule has 0 N–H and O–H groups in total. The molecule has 0 fully saturated rings. The average Bonchev–Trinajstić information content (AvgIpc) is 2.87. The predicted molar refractivity (Wildman–Crippen MR) is 76.8 cm³/mol. The standard InChI is InChI=1S/C15H18N2OS/c1-10-14(19-9-16-10)8-17-5-4-11-12(17)6-15(2,3)7-13(11)18/h4-5,9H,6-8H2,1-3H3. The third-order valence-electron chi connectivity index (χ3n) is 3.82. The summed E-state index contributed by atoms with van der Waals surface area (Å²) >= 11 is 1.68. The normalized spacial score (nSPS) is 17.5. The highest BCUT2D eigenvalue weighted by atomic mass is 32.1. The van der Waals surface area contributed by atoms with Crippen LogP contribution in [0.15, 0.2) is 17.8 Å². The Labute approximate surface area is 117 Å². The second-order valence-corrected chi connectivity index (χ2v) is 7.05. The highest BCUT2D eigenvalue weighted by molar-refractivity contribution is 7.09. The molecule has 19 heavy (non-hydrogen) atoms. The third-order valence-corrected chi connectivity index (χ3v) is 4.74. The molecule has 0 atom stereocenters. The van der Waals surface area contributed by atoms with E-state index in [4.69, 9.17) is 0 Å². The molecule has 1 aliphatic carbocycles. The Morgan fingerprint density at radius 1 is 1.42 bits per heavy atom. The number of nitrogens with zero attached hydrogens (tertiary/aromatic N) is 2. The summed E-state index contributed by atoms with van der Waals surface area (Å²) in [5.74, 6) is 0.283. The van der Waals surface area contributed by atoms with Crippen molar-refractivity contribution in [3.8, 4) is 0 Å². The number of aryl methyl sites for hydroxylation is 1. The number of hydrogen-bond donors (Lipinski definition) is 0. The molecular weight excluding hydrogens is 256 g/mol. The SMILES string of the molecule is Cc1ncsc1Cn1ccc2c1CC(C)(C)CC2=O. The molecule has 0 aliphatic heterocycles. The van der Waals surface area contributed by atoms with Crippen LogP contribution in [0.2, 0.25) is 0 Å². The fraction of sp³-hybridized carbons (Fsp3) is 0.467. The van der Waals surface area contributed by atoms with E-state index in [1.807, 2.05) is 24.7 Å². The number of carbonyl (C=O) groups excluding carboxylic acids is 1. The minimum Gasteiger partial charge on any atom is -0.345 e. The summed E-state index contributed by atoms with van der Waals surface area (Å²) in [7, 11) is 0. The molecule has 0 aromatic carbocycles. The average molecular weight is 274 g/mol. The minimum atomic E-state index is 0.0724. The second-order valence-electron chi connectivity index (χ2n) is 6.11. The van der Waals surface area contributed by atoms with Gasteiger partial charge in [0, 0.05) is 28.8 Å². The van der Waals surface area contributed by atoms with Gasteiger partial charge in [-0.25, -0.2) is 4.98 Å². The molecule has 3 rings (SSSR count). The fourth-order valence-corrected chi connectivity index (χ4v) is 3.56. The van der Waals surface area contributed by atoms with E-state index in [1.165, 1.54) is 10.6 Å². The molecule has 0 saturated heterocycles. The summed E-state index contributed by atoms with van der Waals surface area (Å²) < 4.78 is 2.22. The van der Waals surface area contributed by atoms with E-state index in [-0.39, 0.29) is 11.2 Å². The maximum atomic E-state index is 12.2. The van der Waals surface area contributed by atoms with E-state index in [0.717, 1.165) is 24.2 Å². The number of aromatic nitrogens is 2. The number of fused-ring (bicyclic) bond motifs is 1. The van der Waals surface area contributed by atoms with E-state index >= 15 is 0 Å². The molecule has 3 nitrogen and oxygen atoms in total. The number of thiazole rings is 1. The van der Waals surface area contributed by atoms with Crippen molar-refractivity contribution in [3.63, 3.8) is 0 Å². The third kappa shape index (κ3) is 2.25. The molecule has 0 radical (unpaired) electrons. The van der Waals surface area contributed by atoms with Crippen LogP contribution < -0.4 is 0 Å². The van der Waals surface area contributed by atoms with Crippen LogP contribution in [0.25, 0.3) is 0 Å². The number of carbonyl (C=O) groups is 1. The van der Waals surface area contributed by atoms with Crippen LogP contribution in [0.5, 0.6) is 0 Å². The molecule has 1 aliphatic rings. The van der Waals surface area contributed by atoms with Crippen LogP contribution in [-0.4, -0.2) is 15.3 Å². The first-order valence-electron chi connectivity index (χ1n) is 6.56. The highest BCUT2D eigenvalue weighted by Crippen LogP contribution is 2.35. The summed E-state index contributed by atoms with van der Waals surface area (Å²) in [5.41, 5.74) is 5.16. The van der Waals surface area contributed by atoms with Gasteiger partial charge >= 0.3 is 0 Å². The van der Waals surface area contributed by atoms with Gasteiger partial charge in [0.15, 0.2) is 5.78 Å². The van der Waals surface area contributed by atoms with Gasteiger partial charge in [0.05, 0.1) is 17.7 Å². The zero-order chi connectivity index (χ0) is 13.6. The van der Waals surface area contributed by atoms with Crippen molar-refractivity contribution in [2.75, 3.05) is 0 Å². The zero-order valence-corrected chi connectivity index (χ0v) is 12.4. The number of rotatable bonds is 2. The maximum Gasteiger partial charge on any atom is 0.165 e. The van der Waals surface area contributed by atoms with Crippen LogP contribution in [0.4, 0.5) is 0 Å². The van der Waals surface area contributed by atoms with E-state index in [1.54, 1.807) is 11.3 Å². The Balaban J connectivity index is 1.97. The molecular formula is C15H18N2OS. The summed E-state index contributed by atoms with van der Waals surface area (Å²) in [4.78, 5) is 17.7. The Morgan fingerprint density at radius 2 is 2.21 bits per heavy atom. The van der Waals surface area contributed by atoms with E-state index in [0.29, 0.717) is 6.42 Å². The van der Waals surface area contributed by atoms with Crippen LogP contribution in [0.1, 0.15) is 46.9 Å². The monoisotopic (exact) mass is 274 g/mol. The Hall–Kier alpha value is -1.42. The Morgan fingerprint density at radius 3 is 2.89 bits per heavy atom. The smallest absolute Gasteiger partial charge is 0.165 e. The summed E-state index contributed by atoms with van der Waals surface area (Å²) in [6.07, 6.45) is 3.67. The van der Waals surface area contributed by atoms with Gasteiger partial charge in [0.25, 0.3) is 0 Å². The van der Waals surface area contributed by atoms with Crippen LogP contribution in [0, 0.1) is 12.3 Å². The zero-order valence-electron chi connectivity index (χ0n) is 11.6. The Kier molecular flexibility index (Phi) is 2.86. The van der Waals surface area contributed by atoms with Crippen LogP contribution in [0.3, 0.4) is 0 Å². The fourth-order valence-electron chi connectivity index (χ4n) is 2.78. The van der Waals surface area contributed by atoms with Crippen molar-refractivity contribution in [1.29, 1.82) is 0 Å². The number of ketones is 1. The first kappa shape index (κ1) is 12.6. The van der Waals surface area contributed by atoms with Crippen molar-refractivity contribution < 1.29 is 4.79 Å². The molecule has 2 heterocycles. The van der Waals surface area contributed by atoms with E-state index in [9.17, 15) is 4.79 Å². The lowest BCUT2D eigenvalue weighted by atomic mass is 9.76. The molecule has 100 valence electrons. The molecule has 0 spiro atoms. The van der Waals surface area contributed by atoms with Crippen molar-refractivity contribution in [3.05, 3.63) is 39.6 Å². The first-order chi connectivity index (χ1) is 8.96. The van der Waals surface area contributed by atoms with E-state index in [2.05, 4.69) is 23.4 Å². The van der Waals surface area contributed by atoms with Crippen molar-refractivity contribution in [1.82, 2.24) is 9.55 Å². The molecule has 0 saturated carbocycles. The van der Waals surface area contributed by atoms with Gasteiger partial charge in [-0.1, -0.05) is 13.8 Å². The molecule has 0 unspecified atom stereocenters. The lowest BCUT2D eigenvalue weighted by molar-refractivity contribution is 0.0910. The van der Waals surface area contributed by atoms with Crippen molar-refractivity contribution >= 4 is 17.1 Å². The van der Waals surface area contributed by atoms with Crippen molar-refractivity contribution in [2.45, 2.75) is 40.2 Å². The predicted octanol–water partition coefficient (Wildman–Crippen LogP) is 3.46. The molecule has 0 bridgehead atoms. The second kappa shape index (κ2) is 4.30. The first-order valence-corrected chi connectivity index (χ1v) is 7.44. The Bertz CT molecular complexity index is 636. The quantitative estimate of drug-likeness (QED) is 0.840. The molecule has 4 heteroatoms. The number of hydrogen-bond acceptors (Lipinski definition) is 3. The molecule has 0 amide bonds. The largest absolute Gasteiger partial charge is 0.345 e. The van der Waals surface area contributed by atoms with Gasteiger partial charge in [0.2, 0.25) is 0 Å². The molecule has 2 aromatic rings.